The van der Waals surface area contributed by atoms with Gasteiger partial charge >= 0.3 is 5.69 Å². The third-order valence-corrected chi connectivity index (χ3v) is 4.57. The lowest BCUT2D eigenvalue weighted by Gasteiger charge is -2.13. The summed E-state index contributed by atoms with van der Waals surface area (Å²) in [6.45, 7) is 3.09. The van der Waals surface area contributed by atoms with Crippen molar-refractivity contribution < 1.29 is 0 Å². The normalized spacial score (nSPS) is 11.4. The summed E-state index contributed by atoms with van der Waals surface area (Å²) in [4.78, 5) is 19.6. The molecular weight excluding hydrogens is 308 g/mol. The van der Waals surface area contributed by atoms with Gasteiger partial charge in [0.2, 0.25) is 0 Å². The first-order valence-electron chi connectivity index (χ1n) is 6.30. The van der Waals surface area contributed by atoms with Crippen LogP contribution in [0.1, 0.15) is 9.88 Å². The fourth-order valence-electron chi connectivity index (χ4n) is 1.91. The second kappa shape index (κ2) is 5.88. The highest BCUT2D eigenvalue weighted by Gasteiger charge is 2.12. The van der Waals surface area contributed by atoms with E-state index in [9.17, 15) is 4.79 Å². The van der Waals surface area contributed by atoms with E-state index in [0.717, 1.165) is 21.4 Å². The van der Waals surface area contributed by atoms with Crippen molar-refractivity contribution >= 4 is 22.7 Å². The van der Waals surface area contributed by atoms with E-state index in [1.54, 1.807) is 11.3 Å². The molecule has 0 aliphatic carbocycles. The van der Waals surface area contributed by atoms with E-state index in [4.69, 9.17) is 0 Å². The van der Waals surface area contributed by atoms with E-state index in [1.165, 1.54) is 20.7 Å². The molecule has 0 aliphatic heterocycles. The van der Waals surface area contributed by atoms with E-state index in [1.807, 2.05) is 42.6 Å². The van der Waals surface area contributed by atoms with Crippen molar-refractivity contribution in [2.24, 2.45) is 0 Å². The maximum atomic E-state index is 12.2. The lowest BCUT2D eigenvalue weighted by atomic mass is 10.5. The van der Waals surface area contributed by atoms with E-state index in [2.05, 4.69) is 15.4 Å². The molecule has 7 nitrogen and oxygen atoms in total. The molecule has 3 aromatic heterocycles. The quantitative estimate of drug-likeness (QED) is 0.709. The Kier molecular flexibility index (Phi) is 3.95. The zero-order chi connectivity index (χ0) is 14.8. The number of hydrogen-bond donors (Lipinski definition) is 0. The average Bonchev–Trinajstić information content (AvgIpc) is 3.14. The van der Waals surface area contributed by atoms with Crippen molar-refractivity contribution in [2.45, 2.75) is 20.1 Å². The molecule has 9 heteroatoms. The summed E-state index contributed by atoms with van der Waals surface area (Å²) in [5.74, 6) is 0. The Hall–Kier alpha value is -1.84. The van der Waals surface area contributed by atoms with Crippen molar-refractivity contribution in [1.29, 1.82) is 0 Å². The molecule has 3 aromatic rings. The van der Waals surface area contributed by atoms with Crippen LogP contribution >= 0.6 is 22.7 Å². The van der Waals surface area contributed by atoms with E-state index in [0.29, 0.717) is 6.67 Å². The van der Waals surface area contributed by atoms with Crippen LogP contribution in [0.2, 0.25) is 0 Å². The summed E-state index contributed by atoms with van der Waals surface area (Å²) in [6, 6.07) is 3.72. The van der Waals surface area contributed by atoms with Crippen molar-refractivity contribution in [3.8, 4) is 5.00 Å². The summed E-state index contributed by atoms with van der Waals surface area (Å²) in [5.41, 5.74) is -0.232. The summed E-state index contributed by atoms with van der Waals surface area (Å²) in [7, 11) is 1.94. The summed E-state index contributed by atoms with van der Waals surface area (Å²) in [5, 5.41) is 11.6. The molecule has 0 spiro atoms. The first-order chi connectivity index (χ1) is 10.1. The van der Waals surface area contributed by atoms with Crippen LogP contribution < -0.4 is 5.69 Å². The molecule has 0 saturated carbocycles. The monoisotopic (exact) mass is 322 g/mol. The Morgan fingerprint density at radius 2 is 2.24 bits per heavy atom. The van der Waals surface area contributed by atoms with Crippen LogP contribution in [0.25, 0.3) is 5.00 Å². The first kappa shape index (κ1) is 14.1. The van der Waals surface area contributed by atoms with Crippen molar-refractivity contribution in [3.63, 3.8) is 0 Å². The van der Waals surface area contributed by atoms with Crippen LogP contribution in [0.3, 0.4) is 0 Å². The standard InChI is InChI=1S/C12H14N6OS2/c1-9-13-6-10(21-9)7-16(2)8-17-12(19)18(15-14-17)11-4-3-5-20-11/h3-6H,7-8H2,1-2H3. The van der Waals surface area contributed by atoms with Gasteiger partial charge in [-0.1, -0.05) is 0 Å². The molecule has 0 radical (unpaired) electrons. The molecule has 3 heterocycles. The largest absolute Gasteiger partial charge is 0.370 e. The highest BCUT2D eigenvalue weighted by molar-refractivity contribution is 7.12. The van der Waals surface area contributed by atoms with Gasteiger partial charge in [0.1, 0.15) is 11.7 Å². The number of thiophene rings is 1. The van der Waals surface area contributed by atoms with Crippen LogP contribution in [-0.2, 0) is 13.2 Å². The van der Waals surface area contributed by atoms with Crippen molar-refractivity contribution in [2.75, 3.05) is 7.05 Å². The maximum Gasteiger partial charge on any atom is 0.370 e. The third-order valence-electron chi connectivity index (χ3n) is 2.82. The maximum absolute atomic E-state index is 12.2. The number of rotatable bonds is 5. The Labute approximate surface area is 129 Å². The first-order valence-corrected chi connectivity index (χ1v) is 7.99. The van der Waals surface area contributed by atoms with Gasteiger partial charge in [0, 0.05) is 17.6 Å². The number of thiazole rings is 1. The Morgan fingerprint density at radius 3 is 2.90 bits per heavy atom. The molecule has 0 aliphatic rings. The van der Waals surface area contributed by atoms with Crippen LogP contribution in [-0.4, -0.2) is 36.7 Å². The van der Waals surface area contributed by atoms with Crippen molar-refractivity contribution in [3.05, 3.63) is 44.1 Å². The third kappa shape index (κ3) is 3.09. The van der Waals surface area contributed by atoms with E-state index in [-0.39, 0.29) is 5.69 Å². The van der Waals surface area contributed by atoms with Crippen LogP contribution in [0.4, 0.5) is 0 Å². The molecule has 0 amide bonds. The molecule has 0 N–H and O–H groups in total. The van der Waals surface area contributed by atoms with Gasteiger partial charge in [0.05, 0.1) is 5.01 Å². The van der Waals surface area contributed by atoms with Gasteiger partial charge in [-0.05, 0) is 41.9 Å². The molecule has 21 heavy (non-hydrogen) atoms. The van der Waals surface area contributed by atoms with Gasteiger partial charge < -0.3 is 0 Å². The molecule has 0 bridgehead atoms. The number of hydrogen-bond acceptors (Lipinski definition) is 7. The lowest BCUT2D eigenvalue weighted by Crippen LogP contribution is -2.31. The predicted octanol–water partition coefficient (Wildman–Crippen LogP) is 1.34. The molecule has 0 saturated heterocycles. The summed E-state index contributed by atoms with van der Waals surface area (Å²) >= 11 is 3.11. The van der Waals surface area contributed by atoms with Crippen LogP contribution in [0.15, 0.2) is 28.5 Å². The summed E-state index contributed by atoms with van der Waals surface area (Å²) < 4.78 is 2.67. The fourth-order valence-corrected chi connectivity index (χ4v) is 3.46. The summed E-state index contributed by atoms with van der Waals surface area (Å²) in [6.07, 6.45) is 1.86. The smallest absolute Gasteiger partial charge is 0.282 e. The predicted molar refractivity (Wildman–Crippen MR) is 81.8 cm³/mol. The minimum absolute atomic E-state index is 0.232. The molecule has 0 atom stereocenters. The van der Waals surface area contributed by atoms with Crippen LogP contribution in [0, 0.1) is 6.92 Å². The van der Waals surface area contributed by atoms with Gasteiger partial charge in [0.25, 0.3) is 0 Å². The molecule has 0 aromatic carbocycles. The Bertz CT molecular complexity index is 772. The molecule has 3 rings (SSSR count). The zero-order valence-electron chi connectivity index (χ0n) is 11.6. The second-order valence-corrected chi connectivity index (χ2v) is 6.87. The molecule has 0 fully saturated rings. The van der Waals surface area contributed by atoms with Gasteiger partial charge in [-0.2, -0.15) is 9.36 Å². The van der Waals surface area contributed by atoms with Crippen LogP contribution in [0.5, 0.6) is 0 Å². The Morgan fingerprint density at radius 1 is 1.38 bits per heavy atom. The number of aromatic nitrogens is 5. The minimum atomic E-state index is -0.232. The van der Waals surface area contributed by atoms with Gasteiger partial charge in [0.15, 0.2) is 0 Å². The molecule has 110 valence electrons. The minimum Gasteiger partial charge on any atom is -0.282 e. The van der Waals surface area contributed by atoms with E-state index < -0.39 is 0 Å². The van der Waals surface area contributed by atoms with Gasteiger partial charge in [-0.15, -0.1) is 22.7 Å². The average molecular weight is 322 g/mol. The van der Waals surface area contributed by atoms with Gasteiger partial charge in [-0.25, -0.2) is 9.78 Å². The second-order valence-electron chi connectivity index (χ2n) is 4.63. The van der Waals surface area contributed by atoms with E-state index >= 15 is 0 Å². The number of nitrogens with zero attached hydrogens (tertiary/aromatic N) is 6. The molecule has 0 unspecified atom stereocenters. The number of aryl methyl sites for hydroxylation is 1. The zero-order valence-corrected chi connectivity index (χ0v) is 13.3. The SMILES string of the molecule is Cc1ncc(CN(C)Cn2nnn(-c3cccs3)c2=O)s1. The highest BCUT2D eigenvalue weighted by atomic mass is 32.1. The van der Waals surface area contributed by atoms with Crippen molar-refractivity contribution in [1.82, 2.24) is 29.7 Å². The lowest BCUT2D eigenvalue weighted by molar-refractivity contribution is 0.241. The highest BCUT2D eigenvalue weighted by Crippen LogP contribution is 2.13. The Balaban J connectivity index is 1.72. The number of tetrazole rings is 1. The molecular formula is C12H14N6OS2. The fraction of sp³-hybridized carbons (Fsp3) is 0.333. The topological polar surface area (TPSA) is 68.8 Å². The van der Waals surface area contributed by atoms with Gasteiger partial charge in [-0.3, -0.25) is 4.90 Å².